The first kappa shape index (κ1) is 17.4. The Kier molecular flexibility index (Phi) is 6.55. The summed E-state index contributed by atoms with van der Waals surface area (Å²) in [5.41, 5.74) is 1.97. The quantitative estimate of drug-likeness (QED) is 0.777. The molecule has 1 atom stereocenters. The Bertz CT molecular complexity index is 615. The molecular formula is C17H23N3O2S. The van der Waals surface area contributed by atoms with Crippen LogP contribution in [0.3, 0.4) is 0 Å². The zero-order chi connectivity index (χ0) is 16.7. The maximum atomic E-state index is 11.4. The van der Waals surface area contributed by atoms with Crippen LogP contribution in [0.2, 0.25) is 0 Å². The van der Waals surface area contributed by atoms with Crippen LogP contribution in [0.5, 0.6) is 0 Å². The number of thiazole rings is 1. The van der Waals surface area contributed by atoms with Crippen LogP contribution >= 0.6 is 11.3 Å². The third-order valence-electron chi connectivity index (χ3n) is 3.57. The van der Waals surface area contributed by atoms with E-state index in [0.717, 1.165) is 16.4 Å². The number of aromatic nitrogens is 1. The second kappa shape index (κ2) is 8.64. The summed E-state index contributed by atoms with van der Waals surface area (Å²) >= 11 is 1.49. The van der Waals surface area contributed by atoms with Gasteiger partial charge in [-0.1, -0.05) is 25.1 Å². The molecule has 0 saturated carbocycles. The minimum atomic E-state index is -0.376. The number of para-hydroxylation sites is 1. The Morgan fingerprint density at radius 1 is 1.39 bits per heavy atom. The van der Waals surface area contributed by atoms with Crippen molar-refractivity contribution in [3.8, 4) is 0 Å². The van der Waals surface area contributed by atoms with Crippen molar-refractivity contribution >= 4 is 22.9 Å². The second-order valence-corrected chi connectivity index (χ2v) is 6.30. The highest BCUT2D eigenvalue weighted by Crippen LogP contribution is 2.19. The Hall–Kier alpha value is -1.92. The van der Waals surface area contributed by atoms with Gasteiger partial charge in [0.25, 0.3) is 0 Å². The number of rotatable bonds is 8. The normalized spacial score (nSPS) is 12.0. The van der Waals surface area contributed by atoms with Gasteiger partial charge in [-0.2, -0.15) is 0 Å². The zero-order valence-corrected chi connectivity index (χ0v) is 14.3. The van der Waals surface area contributed by atoms with Crippen LogP contribution < -0.4 is 10.2 Å². The number of nitrogens with zero attached hydrogens (tertiary/aromatic N) is 2. The van der Waals surface area contributed by atoms with Gasteiger partial charge in [0, 0.05) is 24.7 Å². The molecule has 0 saturated heterocycles. The molecule has 1 heterocycles. The lowest BCUT2D eigenvalue weighted by atomic mass is 10.2. The zero-order valence-electron chi connectivity index (χ0n) is 13.5. The SMILES string of the molecule is CCC(O)CN(Cc1csc(CC(=O)NC)n1)c1ccccc1. The number of amides is 1. The van der Waals surface area contributed by atoms with Gasteiger partial charge in [-0.05, 0) is 18.6 Å². The highest BCUT2D eigenvalue weighted by Gasteiger charge is 2.14. The topological polar surface area (TPSA) is 65.5 Å². The molecule has 2 rings (SSSR count). The number of carbonyl (C=O) groups is 1. The standard InChI is InChI=1S/C17H23N3O2S/c1-3-15(21)11-20(14-7-5-4-6-8-14)10-13-12-23-17(19-13)9-16(22)18-2/h4-8,12,15,21H,3,9-11H2,1-2H3,(H,18,22). The molecule has 0 aliphatic carbocycles. The third-order valence-corrected chi connectivity index (χ3v) is 4.46. The molecule has 5 nitrogen and oxygen atoms in total. The predicted molar refractivity (Wildman–Crippen MR) is 93.7 cm³/mol. The van der Waals surface area contributed by atoms with Crippen molar-refractivity contribution in [2.24, 2.45) is 0 Å². The smallest absolute Gasteiger partial charge is 0.226 e. The number of carbonyl (C=O) groups excluding carboxylic acids is 1. The molecule has 0 bridgehead atoms. The van der Waals surface area contributed by atoms with Gasteiger partial charge in [0.15, 0.2) is 0 Å². The summed E-state index contributed by atoms with van der Waals surface area (Å²) in [5.74, 6) is -0.0350. The first-order valence-corrected chi connectivity index (χ1v) is 8.62. The summed E-state index contributed by atoms with van der Waals surface area (Å²) in [5, 5.41) is 15.4. The molecule has 0 radical (unpaired) electrons. The van der Waals surface area contributed by atoms with Gasteiger partial charge in [-0.3, -0.25) is 4.79 Å². The minimum absolute atomic E-state index is 0.0350. The second-order valence-electron chi connectivity index (χ2n) is 5.36. The number of hydrogen-bond donors (Lipinski definition) is 2. The summed E-state index contributed by atoms with van der Waals surface area (Å²) < 4.78 is 0. The fraction of sp³-hybridized carbons (Fsp3) is 0.412. The molecule has 2 N–H and O–H groups in total. The molecule has 1 amide bonds. The van der Waals surface area contributed by atoms with Crippen LogP contribution in [0.1, 0.15) is 24.0 Å². The Morgan fingerprint density at radius 2 is 2.13 bits per heavy atom. The Morgan fingerprint density at radius 3 is 2.78 bits per heavy atom. The summed E-state index contributed by atoms with van der Waals surface area (Å²) in [6, 6.07) is 10.0. The molecule has 0 aliphatic heterocycles. The van der Waals surface area contributed by atoms with Crippen molar-refractivity contribution in [3.05, 3.63) is 46.4 Å². The van der Waals surface area contributed by atoms with Crippen molar-refractivity contribution < 1.29 is 9.90 Å². The first-order valence-electron chi connectivity index (χ1n) is 7.74. The molecular weight excluding hydrogens is 310 g/mol. The van der Waals surface area contributed by atoms with Gasteiger partial charge in [-0.15, -0.1) is 11.3 Å². The van der Waals surface area contributed by atoms with Gasteiger partial charge >= 0.3 is 0 Å². The van der Waals surface area contributed by atoms with Gasteiger partial charge in [0.05, 0.1) is 24.8 Å². The predicted octanol–water partition coefficient (Wildman–Crippen LogP) is 2.21. The molecule has 1 aromatic carbocycles. The molecule has 1 aromatic heterocycles. The average molecular weight is 333 g/mol. The van der Waals surface area contributed by atoms with E-state index >= 15 is 0 Å². The van der Waals surface area contributed by atoms with Crippen LogP contribution in [0.15, 0.2) is 35.7 Å². The van der Waals surface area contributed by atoms with Gasteiger partial charge < -0.3 is 15.3 Å². The largest absolute Gasteiger partial charge is 0.391 e. The van der Waals surface area contributed by atoms with E-state index in [1.54, 1.807) is 7.05 Å². The molecule has 0 fully saturated rings. The summed E-state index contributed by atoms with van der Waals surface area (Å²) in [6.45, 7) is 3.15. The van der Waals surface area contributed by atoms with Gasteiger partial charge in [0.1, 0.15) is 5.01 Å². The highest BCUT2D eigenvalue weighted by atomic mass is 32.1. The van der Waals surface area contributed by atoms with Crippen LogP contribution in [-0.2, 0) is 17.8 Å². The van der Waals surface area contributed by atoms with E-state index in [-0.39, 0.29) is 12.0 Å². The lowest BCUT2D eigenvalue weighted by molar-refractivity contribution is -0.119. The first-order chi connectivity index (χ1) is 11.1. The maximum Gasteiger partial charge on any atom is 0.226 e. The number of nitrogens with one attached hydrogen (secondary N) is 1. The minimum Gasteiger partial charge on any atom is -0.391 e. The van der Waals surface area contributed by atoms with E-state index in [9.17, 15) is 9.90 Å². The summed E-state index contributed by atoms with van der Waals surface area (Å²) in [7, 11) is 1.63. The van der Waals surface area contributed by atoms with E-state index in [2.05, 4.69) is 15.2 Å². The molecule has 0 aliphatic rings. The number of hydrogen-bond acceptors (Lipinski definition) is 5. The van der Waals surface area contributed by atoms with Crippen molar-refractivity contribution in [1.82, 2.24) is 10.3 Å². The number of aliphatic hydroxyl groups is 1. The van der Waals surface area contributed by atoms with E-state index < -0.39 is 0 Å². The average Bonchev–Trinajstić information content (AvgIpc) is 3.01. The van der Waals surface area contributed by atoms with Crippen molar-refractivity contribution in [2.45, 2.75) is 32.4 Å². The number of benzene rings is 1. The Labute approximate surface area is 141 Å². The third kappa shape index (κ3) is 5.33. The Balaban J connectivity index is 2.10. The van der Waals surface area contributed by atoms with Gasteiger partial charge in [-0.25, -0.2) is 4.98 Å². The molecule has 124 valence electrons. The number of aliphatic hydroxyl groups excluding tert-OH is 1. The molecule has 2 aromatic rings. The lowest BCUT2D eigenvalue weighted by Gasteiger charge is -2.26. The lowest BCUT2D eigenvalue weighted by Crippen LogP contribution is -2.31. The van der Waals surface area contributed by atoms with Crippen molar-refractivity contribution in [3.63, 3.8) is 0 Å². The molecule has 23 heavy (non-hydrogen) atoms. The van der Waals surface area contributed by atoms with Crippen LogP contribution in [-0.4, -0.2) is 35.7 Å². The van der Waals surface area contributed by atoms with Crippen LogP contribution in [0.25, 0.3) is 0 Å². The fourth-order valence-electron chi connectivity index (χ4n) is 2.21. The molecule has 0 spiro atoms. The van der Waals surface area contributed by atoms with Crippen molar-refractivity contribution in [2.75, 3.05) is 18.5 Å². The summed E-state index contributed by atoms with van der Waals surface area (Å²) in [6.07, 6.45) is 0.644. The maximum absolute atomic E-state index is 11.4. The van der Waals surface area contributed by atoms with E-state index in [4.69, 9.17) is 0 Å². The monoisotopic (exact) mass is 333 g/mol. The van der Waals surface area contributed by atoms with Crippen LogP contribution in [0, 0.1) is 0 Å². The van der Waals surface area contributed by atoms with Crippen LogP contribution in [0.4, 0.5) is 5.69 Å². The van der Waals surface area contributed by atoms with E-state index in [1.165, 1.54) is 11.3 Å². The van der Waals surface area contributed by atoms with Gasteiger partial charge in [0.2, 0.25) is 5.91 Å². The molecule has 6 heteroatoms. The number of anilines is 1. The van der Waals surface area contributed by atoms with E-state index in [1.807, 2.05) is 42.6 Å². The summed E-state index contributed by atoms with van der Waals surface area (Å²) in [4.78, 5) is 18.1. The fourth-order valence-corrected chi connectivity index (χ4v) is 2.99. The molecule has 1 unspecified atom stereocenters. The highest BCUT2D eigenvalue weighted by molar-refractivity contribution is 7.09. The van der Waals surface area contributed by atoms with Crippen molar-refractivity contribution in [1.29, 1.82) is 0 Å². The van der Waals surface area contributed by atoms with E-state index in [0.29, 0.717) is 25.9 Å². The number of likely N-dealkylation sites (N-methyl/N-ethyl adjacent to an activating group) is 1.